The summed E-state index contributed by atoms with van der Waals surface area (Å²) in [4.78, 5) is 36.2. The van der Waals surface area contributed by atoms with Gasteiger partial charge in [-0.05, 0) is 24.3 Å². The summed E-state index contributed by atoms with van der Waals surface area (Å²) in [6.07, 6.45) is 0.603. The molecule has 1 rings (SSSR count). The third kappa shape index (κ3) is 6.26. The number of carbonyl (C=O) groups is 3. The first-order valence-corrected chi connectivity index (χ1v) is 7.33. The number of rotatable bonds is 8. The summed E-state index contributed by atoms with van der Waals surface area (Å²) in [5.41, 5.74) is 4.98. The van der Waals surface area contributed by atoms with Gasteiger partial charge < -0.3 is 21.1 Å². The van der Waals surface area contributed by atoms with Crippen molar-refractivity contribution in [3.8, 4) is 0 Å². The molecule has 1 atom stereocenters. The van der Waals surface area contributed by atoms with Gasteiger partial charge in [0.1, 0.15) is 6.04 Å². The van der Waals surface area contributed by atoms with Crippen LogP contribution in [0, 0.1) is 0 Å². The first-order chi connectivity index (χ1) is 9.90. The highest BCUT2D eigenvalue weighted by Gasteiger charge is 2.22. The number of carboxylic acid groups (broad SMARTS) is 1. The van der Waals surface area contributed by atoms with Crippen molar-refractivity contribution in [1.29, 1.82) is 0 Å². The van der Waals surface area contributed by atoms with E-state index < -0.39 is 23.9 Å². The van der Waals surface area contributed by atoms with Gasteiger partial charge in [-0.15, -0.1) is 11.3 Å². The van der Waals surface area contributed by atoms with E-state index in [1.54, 1.807) is 18.4 Å². The maximum atomic E-state index is 11.9. The molecular weight excluding hydrogens is 294 g/mol. The molecule has 0 saturated carbocycles. The monoisotopic (exact) mass is 313 g/mol. The average molecular weight is 313 g/mol. The van der Waals surface area contributed by atoms with E-state index in [0.29, 0.717) is 13.0 Å². The summed E-state index contributed by atoms with van der Waals surface area (Å²) in [7, 11) is 1.59. The molecule has 0 saturated heterocycles. The molecule has 0 bridgehead atoms. The van der Waals surface area contributed by atoms with Crippen molar-refractivity contribution in [3.05, 3.63) is 22.4 Å². The number of carboxylic acids is 1. The molecule has 7 nitrogen and oxygen atoms in total. The van der Waals surface area contributed by atoms with Gasteiger partial charge >= 0.3 is 12.0 Å². The number of carbonyl (C=O) groups excluding carboxylic acids is 2. The molecule has 0 aromatic carbocycles. The van der Waals surface area contributed by atoms with Crippen molar-refractivity contribution in [2.75, 3.05) is 13.6 Å². The summed E-state index contributed by atoms with van der Waals surface area (Å²) in [5, 5.41) is 13.4. The zero-order valence-corrected chi connectivity index (χ0v) is 12.6. The van der Waals surface area contributed by atoms with Crippen LogP contribution in [0.25, 0.3) is 0 Å². The van der Waals surface area contributed by atoms with E-state index in [1.165, 1.54) is 4.90 Å². The highest BCUT2D eigenvalue weighted by atomic mass is 32.1. The number of urea groups is 1. The number of thiophene rings is 1. The molecule has 4 N–H and O–H groups in total. The number of hydrogen-bond acceptors (Lipinski definition) is 4. The van der Waals surface area contributed by atoms with Gasteiger partial charge in [0.2, 0.25) is 5.91 Å². The molecule has 0 unspecified atom stereocenters. The maximum Gasteiger partial charge on any atom is 0.326 e. The third-order valence-corrected chi connectivity index (χ3v) is 3.83. The molecule has 1 aromatic heterocycles. The Morgan fingerprint density at radius 1 is 1.48 bits per heavy atom. The van der Waals surface area contributed by atoms with Crippen LogP contribution in [0.3, 0.4) is 0 Å². The Balaban J connectivity index is 2.43. The van der Waals surface area contributed by atoms with Crippen molar-refractivity contribution in [1.82, 2.24) is 10.2 Å². The fourth-order valence-electron chi connectivity index (χ4n) is 1.64. The quantitative estimate of drug-likeness (QED) is 0.654. The minimum absolute atomic E-state index is 0.0187. The predicted octanol–water partition coefficient (Wildman–Crippen LogP) is 0.651. The Bertz CT molecular complexity index is 490. The fourth-order valence-corrected chi connectivity index (χ4v) is 2.34. The van der Waals surface area contributed by atoms with Crippen LogP contribution in [-0.2, 0) is 16.0 Å². The van der Waals surface area contributed by atoms with Crippen molar-refractivity contribution in [2.24, 2.45) is 5.73 Å². The fraction of sp³-hybridized carbons (Fsp3) is 0.462. The van der Waals surface area contributed by atoms with Crippen LogP contribution < -0.4 is 11.1 Å². The van der Waals surface area contributed by atoms with Gasteiger partial charge in [0, 0.05) is 24.9 Å². The molecule has 0 aliphatic rings. The van der Waals surface area contributed by atoms with Gasteiger partial charge in [-0.3, -0.25) is 4.79 Å². The molecule has 8 heteroatoms. The van der Waals surface area contributed by atoms with Gasteiger partial charge in [-0.2, -0.15) is 0 Å². The number of nitrogens with one attached hydrogen (secondary N) is 1. The predicted molar refractivity (Wildman–Crippen MR) is 79.0 cm³/mol. The van der Waals surface area contributed by atoms with Gasteiger partial charge in [0.05, 0.1) is 0 Å². The first kappa shape index (κ1) is 17.0. The smallest absolute Gasteiger partial charge is 0.326 e. The first-order valence-electron chi connectivity index (χ1n) is 6.45. The van der Waals surface area contributed by atoms with E-state index in [-0.39, 0.29) is 12.8 Å². The molecule has 0 radical (unpaired) electrons. The van der Waals surface area contributed by atoms with Crippen LogP contribution in [0.2, 0.25) is 0 Å². The second kappa shape index (κ2) is 8.25. The van der Waals surface area contributed by atoms with Gasteiger partial charge in [0.15, 0.2) is 0 Å². The molecule has 0 spiro atoms. The number of nitrogens with two attached hydrogens (primary N) is 1. The lowest BCUT2D eigenvalue weighted by atomic mass is 10.1. The van der Waals surface area contributed by atoms with E-state index in [1.807, 2.05) is 17.5 Å². The van der Waals surface area contributed by atoms with E-state index in [0.717, 1.165) is 4.88 Å². The SMILES string of the molecule is CN(CCc1cccs1)C(=O)N[C@@H](CCC(N)=O)C(=O)O. The lowest BCUT2D eigenvalue weighted by Gasteiger charge is -2.21. The van der Waals surface area contributed by atoms with Gasteiger partial charge in [-0.1, -0.05) is 6.07 Å². The van der Waals surface area contributed by atoms with Crippen LogP contribution in [0.1, 0.15) is 17.7 Å². The second-order valence-corrected chi connectivity index (χ2v) is 5.63. The summed E-state index contributed by atoms with van der Waals surface area (Å²) >= 11 is 1.60. The molecule has 0 aliphatic heterocycles. The Labute approximate surface area is 126 Å². The molecule has 0 fully saturated rings. The largest absolute Gasteiger partial charge is 0.480 e. The normalized spacial score (nSPS) is 11.7. The molecule has 0 aliphatic carbocycles. The number of aliphatic carboxylic acids is 1. The van der Waals surface area contributed by atoms with Crippen LogP contribution in [0.4, 0.5) is 4.79 Å². The van der Waals surface area contributed by atoms with Gasteiger partial charge in [-0.25, -0.2) is 9.59 Å². The van der Waals surface area contributed by atoms with Crippen molar-refractivity contribution >= 4 is 29.2 Å². The Morgan fingerprint density at radius 2 is 2.19 bits per heavy atom. The molecule has 1 aromatic rings. The Kier molecular flexibility index (Phi) is 6.67. The number of likely N-dealkylation sites (N-methyl/N-ethyl adjacent to an activating group) is 1. The molecular formula is C13H19N3O4S. The lowest BCUT2D eigenvalue weighted by molar-refractivity contribution is -0.139. The van der Waals surface area contributed by atoms with Crippen LogP contribution in [0.15, 0.2) is 17.5 Å². The van der Waals surface area contributed by atoms with Crippen LogP contribution >= 0.6 is 11.3 Å². The van der Waals surface area contributed by atoms with E-state index in [9.17, 15) is 14.4 Å². The summed E-state index contributed by atoms with van der Waals surface area (Å²) in [6.45, 7) is 0.481. The second-order valence-electron chi connectivity index (χ2n) is 4.60. The number of nitrogens with zero attached hydrogens (tertiary/aromatic N) is 1. The lowest BCUT2D eigenvalue weighted by Crippen LogP contribution is -2.47. The maximum absolute atomic E-state index is 11.9. The topological polar surface area (TPSA) is 113 Å². The minimum Gasteiger partial charge on any atom is -0.480 e. The highest BCUT2D eigenvalue weighted by Crippen LogP contribution is 2.09. The van der Waals surface area contributed by atoms with Crippen LogP contribution in [-0.4, -0.2) is 47.5 Å². The van der Waals surface area contributed by atoms with E-state index in [4.69, 9.17) is 10.8 Å². The summed E-state index contributed by atoms with van der Waals surface area (Å²) in [6, 6.07) is 2.31. The summed E-state index contributed by atoms with van der Waals surface area (Å²) in [5.74, 6) is -1.78. The number of primary amides is 1. The average Bonchev–Trinajstić information content (AvgIpc) is 2.93. The number of hydrogen-bond donors (Lipinski definition) is 3. The highest BCUT2D eigenvalue weighted by molar-refractivity contribution is 7.09. The van der Waals surface area contributed by atoms with Crippen molar-refractivity contribution in [3.63, 3.8) is 0 Å². The third-order valence-electron chi connectivity index (χ3n) is 2.90. The van der Waals surface area contributed by atoms with Crippen molar-refractivity contribution < 1.29 is 19.5 Å². The molecule has 116 valence electrons. The standard InChI is InChI=1S/C13H19N3O4S/c1-16(7-6-9-3-2-8-21-9)13(20)15-10(12(18)19)4-5-11(14)17/h2-3,8,10H,4-7H2,1H3,(H2,14,17)(H,15,20)(H,18,19)/t10-/m0/s1. The molecule has 3 amide bonds. The Hall–Kier alpha value is -2.09. The molecule has 1 heterocycles. The van der Waals surface area contributed by atoms with Crippen molar-refractivity contribution in [2.45, 2.75) is 25.3 Å². The zero-order chi connectivity index (χ0) is 15.8. The Morgan fingerprint density at radius 3 is 2.71 bits per heavy atom. The molecule has 21 heavy (non-hydrogen) atoms. The number of amides is 3. The summed E-state index contributed by atoms with van der Waals surface area (Å²) < 4.78 is 0. The van der Waals surface area contributed by atoms with E-state index >= 15 is 0 Å². The van der Waals surface area contributed by atoms with E-state index in [2.05, 4.69) is 5.32 Å². The van der Waals surface area contributed by atoms with Gasteiger partial charge in [0.25, 0.3) is 0 Å². The minimum atomic E-state index is -1.18. The zero-order valence-electron chi connectivity index (χ0n) is 11.7. The van der Waals surface area contributed by atoms with Crippen LogP contribution in [0.5, 0.6) is 0 Å².